The maximum Gasteiger partial charge on any atom is 0.261 e. The van der Waals surface area contributed by atoms with E-state index in [1.807, 2.05) is 32.0 Å². The third-order valence-electron chi connectivity index (χ3n) is 4.16. The van der Waals surface area contributed by atoms with Crippen LogP contribution in [0.4, 0.5) is 11.4 Å². The molecule has 3 rings (SSSR count). The molecular formula is C18H20N2O4S. The number of hydrogen-bond acceptors (Lipinski definition) is 4. The van der Waals surface area contributed by atoms with E-state index in [1.165, 1.54) is 12.1 Å². The van der Waals surface area contributed by atoms with Crippen molar-refractivity contribution in [3.63, 3.8) is 0 Å². The molecule has 1 fully saturated rings. The van der Waals surface area contributed by atoms with Gasteiger partial charge in [-0.05, 0) is 49.2 Å². The Morgan fingerprint density at radius 2 is 1.68 bits per heavy atom. The second-order valence-corrected chi connectivity index (χ2v) is 7.65. The third kappa shape index (κ3) is 3.67. The molecule has 1 amide bonds. The first kappa shape index (κ1) is 17.4. The molecule has 0 aliphatic carbocycles. The van der Waals surface area contributed by atoms with E-state index in [1.54, 1.807) is 17.0 Å². The lowest BCUT2D eigenvalue weighted by atomic mass is 10.1. The van der Waals surface area contributed by atoms with Crippen LogP contribution in [0, 0.1) is 13.8 Å². The minimum Gasteiger partial charge on any atom is -0.370 e. The molecule has 1 aliphatic rings. The Bertz CT molecular complexity index is 872. The summed E-state index contributed by atoms with van der Waals surface area (Å²) in [7, 11) is -3.70. The molecule has 2 aromatic rings. The Hall–Kier alpha value is -2.38. The van der Waals surface area contributed by atoms with Crippen molar-refractivity contribution in [2.24, 2.45) is 0 Å². The number of aryl methyl sites for hydroxylation is 2. The summed E-state index contributed by atoms with van der Waals surface area (Å²) in [5.74, 6) is -0.129. The summed E-state index contributed by atoms with van der Waals surface area (Å²) >= 11 is 0. The van der Waals surface area contributed by atoms with Crippen LogP contribution < -0.4 is 9.62 Å². The van der Waals surface area contributed by atoms with Crippen molar-refractivity contribution in [2.75, 3.05) is 29.4 Å². The number of carbonyl (C=O) groups excluding carboxylic acids is 1. The van der Waals surface area contributed by atoms with E-state index >= 15 is 0 Å². The summed E-state index contributed by atoms with van der Waals surface area (Å²) in [6, 6.07) is 11.9. The van der Waals surface area contributed by atoms with Crippen molar-refractivity contribution >= 4 is 27.3 Å². The fourth-order valence-corrected chi connectivity index (χ4v) is 3.97. The highest BCUT2D eigenvalue weighted by atomic mass is 32.2. The molecule has 1 N–H and O–H groups in total. The number of para-hydroxylation sites is 1. The molecule has 0 bridgehead atoms. The summed E-state index contributed by atoms with van der Waals surface area (Å²) in [6.07, 6.45) is 0. The van der Waals surface area contributed by atoms with Crippen LogP contribution in [0.15, 0.2) is 47.4 Å². The van der Waals surface area contributed by atoms with Gasteiger partial charge in [-0.25, -0.2) is 8.42 Å². The molecule has 25 heavy (non-hydrogen) atoms. The number of rotatable bonds is 4. The molecule has 0 aromatic heterocycles. The highest BCUT2D eigenvalue weighted by Crippen LogP contribution is 2.25. The predicted octanol–water partition coefficient (Wildman–Crippen LogP) is 2.47. The average molecular weight is 360 g/mol. The lowest BCUT2D eigenvalue weighted by Crippen LogP contribution is -2.41. The number of hydrogen-bond donors (Lipinski definition) is 1. The molecule has 2 aromatic carbocycles. The molecule has 1 aliphatic heterocycles. The number of sulfonamides is 1. The van der Waals surface area contributed by atoms with Gasteiger partial charge in [0.15, 0.2) is 0 Å². The molecule has 7 heteroatoms. The van der Waals surface area contributed by atoms with E-state index in [0.717, 1.165) is 11.1 Å². The minimum absolute atomic E-state index is 0.0498. The second-order valence-electron chi connectivity index (χ2n) is 5.96. The summed E-state index contributed by atoms with van der Waals surface area (Å²) in [5.41, 5.74) is 2.98. The Kier molecular flexibility index (Phi) is 4.78. The fourth-order valence-electron chi connectivity index (χ4n) is 2.76. The summed E-state index contributed by atoms with van der Waals surface area (Å²) in [5, 5.41) is 0. The van der Waals surface area contributed by atoms with E-state index < -0.39 is 10.0 Å². The summed E-state index contributed by atoms with van der Waals surface area (Å²) in [6.45, 7) is 4.70. The number of ether oxygens (including phenoxy) is 1. The van der Waals surface area contributed by atoms with E-state index in [4.69, 9.17) is 4.74 Å². The molecule has 1 saturated heterocycles. The SMILES string of the molecule is Cc1cccc(C)c1NS(=O)(=O)c1ccc(N2CCOCC2=O)cc1. The number of benzene rings is 2. The topological polar surface area (TPSA) is 75.7 Å². The number of amides is 1. The second kappa shape index (κ2) is 6.85. The molecule has 0 atom stereocenters. The van der Waals surface area contributed by atoms with Crippen LogP contribution in [0.2, 0.25) is 0 Å². The molecule has 132 valence electrons. The van der Waals surface area contributed by atoms with E-state index in [2.05, 4.69) is 4.72 Å². The maximum absolute atomic E-state index is 12.6. The molecular weight excluding hydrogens is 340 g/mol. The van der Waals surface area contributed by atoms with Gasteiger partial charge in [0.25, 0.3) is 15.9 Å². The van der Waals surface area contributed by atoms with Crippen LogP contribution in [0.5, 0.6) is 0 Å². The number of morpholine rings is 1. The first-order chi connectivity index (χ1) is 11.9. The Balaban J connectivity index is 1.84. The number of anilines is 2. The van der Waals surface area contributed by atoms with E-state index in [0.29, 0.717) is 24.5 Å². The zero-order valence-corrected chi connectivity index (χ0v) is 15.0. The molecule has 0 saturated carbocycles. The highest BCUT2D eigenvalue weighted by Gasteiger charge is 2.21. The van der Waals surface area contributed by atoms with E-state index in [9.17, 15) is 13.2 Å². The van der Waals surface area contributed by atoms with Crippen molar-refractivity contribution in [1.82, 2.24) is 0 Å². The summed E-state index contributed by atoms with van der Waals surface area (Å²) in [4.78, 5) is 13.6. The lowest BCUT2D eigenvalue weighted by Gasteiger charge is -2.26. The standard InChI is InChI=1S/C18H20N2O4S/c1-13-4-3-5-14(2)18(13)19-25(22,23)16-8-6-15(7-9-16)20-10-11-24-12-17(20)21/h3-9,19H,10-12H2,1-2H3. The number of nitrogens with zero attached hydrogens (tertiary/aromatic N) is 1. The van der Waals surface area contributed by atoms with Crippen molar-refractivity contribution in [2.45, 2.75) is 18.7 Å². The first-order valence-electron chi connectivity index (χ1n) is 7.96. The van der Waals surface area contributed by atoms with Gasteiger partial charge in [0.2, 0.25) is 0 Å². The Labute approximate surface area is 147 Å². The number of nitrogens with one attached hydrogen (secondary N) is 1. The minimum atomic E-state index is -3.70. The first-order valence-corrected chi connectivity index (χ1v) is 9.44. The quantitative estimate of drug-likeness (QED) is 0.909. The lowest BCUT2D eigenvalue weighted by molar-refractivity contribution is -0.125. The smallest absolute Gasteiger partial charge is 0.261 e. The third-order valence-corrected chi connectivity index (χ3v) is 5.53. The number of carbonyl (C=O) groups is 1. The molecule has 0 spiro atoms. The van der Waals surface area contributed by atoms with Gasteiger partial charge in [-0.2, -0.15) is 0 Å². The fraction of sp³-hybridized carbons (Fsp3) is 0.278. The van der Waals surface area contributed by atoms with Crippen LogP contribution in [0.25, 0.3) is 0 Å². The average Bonchev–Trinajstić information content (AvgIpc) is 2.59. The zero-order chi connectivity index (χ0) is 18.0. The van der Waals surface area contributed by atoms with Gasteiger partial charge >= 0.3 is 0 Å². The van der Waals surface area contributed by atoms with Gasteiger partial charge in [-0.15, -0.1) is 0 Å². The Morgan fingerprint density at radius 1 is 1.04 bits per heavy atom. The summed E-state index contributed by atoms with van der Waals surface area (Å²) < 4.78 is 33.0. The van der Waals surface area contributed by atoms with Gasteiger partial charge in [0, 0.05) is 12.2 Å². The maximum atomic E-state index is 12.6. The van der Waals surface area contributed by atoms with Gasteiger partial charge in [-0.3, -0.25) is 9.52 Å². The van der Waals surface area contributed by atoms with Crippen LogP contribution in [0.1, 0.15) is 11.1 Å². The van der Waals surface area contributed by atoms with Crippen LogP contribution in [0.3, 0.4) is 0 Å². The molecule has 1 heterocycles. The molecule has 0 unspecified atom stereocenters. The van der Waals surface area contributed by atoms with Crippen molar-refractivity contribution < 1.29 is 17.9 Å². The highest BCUT2D eigenvalue weighted by molar-refractivity contribution is 7.92. The van der Waals surface area contributed by atoms with Gasteiger partial charge in [0.1, 0.15) is 6.61 Å². The molecule has 6 nitrogen and oxygen atoms in total. The zero-order valence-electron chi connectivity index (χ0n) is 14.2. The van der Waals surface area contributed by atoms with Crippen LogP contribution in [-0.2, 0) is 19.6 Å². The Morgan fingerprint density at radius 3 is 2.28 bits per heavy atom. The van der Waals surface area contributed by atoms with Crippen molar-refractivity contribution in [3.05, 3.63) is 53.6 Å². The van der Waals surface area contributed by atoms with E-state index in [-0.39, 0.29) is 17.4 Å². The normalized spacial score (nSPS) is 15.3. The van der Waals surface area contributed by atoms with Gasteiger partial charge in [-0.1, -0.05) is 18.2 Å². The van der Waals surface area contributed by atoms with Gasteiger partial charge in [0.05, 0.1) is 17.2 Å². The van der Waals surface area contributed by atoms with Crippen molar-refractivity contribution in [3.8, 4) is 0 Å². The predicted molar refractivity (Wildman–Crippen MR) is 96.3 cm³/mol. The van der Waals surface area contributed by atoms with Crippen LogP contribution >= 0.6 is 0 Å². The molecule has 0 radical (unpaired) electrons. The van der Waals surface area contributed by atoms with Gasteiger partial charge < -0.3 is 9.64 Å². The van der Waals surface area contributed by atoms with Crippen molar-refractivity contribution in [1.29, 1.82) is 0 Å². The largest absolute Gasteiger partial charge is 0.370 e. The monoisotopic (exact) mass is 360 g/mol. The van der Waals surface area contributed by atoms with Crippen LogP contribution in [-0.4, -0.2) is 34.1 Å².